The van der Waals surface area contributed by atoms with Gasteiger partial charge < -0.3 is 14.7 Å². The van der Waals surface area contributed by atoms with Gasteiger partial charge in [-0.05, 0) is 50.4 Å². The van der Waals surface area contributed by atoms with Crippen LogP contribution in [0.1, 0.15) is 41.0 Å². The van der Waals surface area contributed by atoms with Crippen molar-refractivity contribution in [3.8, 4) is 0 Å². The topological polar surface area (TPSA) is 66.8 Å². The fraction of sp³-hybridized carbons (Fsp3) is 0.875. The number of hydrogen-bond donors (Lipinski definition) is 1. The SMILES string of the molecule is CC(C)(C)OC(=O)N1C[C@@H]2C[C@H]1C2[C@@H]1[C@@H](C(=O)O)C1(C)C. The molecule has 1 N–H and O–H groups in total. The van der Waals surface area contributed by atoms with Gasteiger partial charge in [0.15, 0.2) is 0 Å². The van der Waals surface area contributed by atoms with Crippen molar-refractivity contribution in [3.05, 3.63) is 0 Å². The number of hydrogen-bond acceptors (Lipinski definition) is 3. The maximum Gasteiger partial charge on any atom is 0.410 e. The van der Waals surface area contributed by atoms with Crippen LogP contribution in [0.5, 0.6) is 0 Å². The molecule has 2 aliphatic carbocycles. The molecule has 4 rings (SSSR count). The van der Waals surface area contributed by atoms with Gasteiger partial charge in [0.2, 0.25) is 0 Å². The lowest BCUT2D eigenvalue weighted by atomic mass is 9.69. The third-order valence-corrected chi connectivity index (χ3v) is 5.58. The Bertz CT molecular complexity index is 493. The number of nitrogens with zero attached hydrogens (tertiary/aromatic N) is 1. The highest BCUT2D eigenvalue weighted by Gasteiger charge is 2.72. The third kappa shape index (κ3) is 2.12. The fourth-order valence-electron chi connectivity index (χ4n) is 4.59. The van der Waals surface area contributed by atoms with Crippen LogP contribution in [0, 0.1) is 29.1 Å². The van der Waals surface area contributed by atoms with Gasteiger partial charge in [0.1, 0.15) is 5.60 Å². The largest absolute Gasteiger partial charge is 0.481 e. The van der Waals surface area contributed by atoms with Gasteiger partial charge in [-0.15, -0.1) is 0 Å². The smallest absolute Gasteiger partial charge is 0.410 e. The van der Waals surface area contributed by atoms with Crippen molar-refractivity contribution < 1.29 is 19.4 Å². The zero-order chi connectivity index (χ0) is 15.7. The number of carbonyl (C=O) groups excluding carboxylic acids is 1. The summed E-state index contributed by atoms with van der Waals surface area (Å²) in [4.78, 5) is 25.4. The van der Waals surface area contributed by atoms with Crippen molar-refractivity contribution >= 4 is 12.1 Å². The van der Waals surface area contributed by atoms with E-state index in [1.807, 2.05) is 39.5 Å². The van der Waals surface area contributed by atoms with E-state index < -0.39 is 11.6 Å². The molecule has 2 bridgehead atoms. The van der Waals surface area contributed by atoms with E-state index in [1.165, 1.54) is 0 Å². The van der Waals surface area contributed by atoms with Crippen molar-refractivity contribution in [2.45, 2.75) is 52.7 Å². The van der Waals surface area contributed by atoms with Gasteiger partial charge in [0.25, 0.3) is 0 Å². The monoisotopic (exact) mass is 295 g/mol. The van der Waals surface area contributed by atoms with Crippen LogP contribution in [0.25, 0.3) is 0 Å². The summed E-state index contributed by atoms with van der Waals surface area (Å²) in [7, 11) is 0. The normalized spacial score (nSPS) is 39.7. The Morgan fingerprint density at radius 2 is 1.90 bits per heavy atom. The summed E-state index contributed by atoms with van der Waals surface area (Å²) in [5.41, 5.74) is -0.626. The van der Waals surface area contributed by atoms with Crippen LogP contribution >= 0.6 is 0 Å². The average molecular weight is 295 g/mol. The van der Waals surface area contributed by atoms with E-state index in [0.717, 1.165) is 13.0 Å². The number of fused-ring (bicyclic) bond motifs is 1. The first kappa shape index (κ1) is 14.7. The lowest BCUT2D eigenvalue weighted by molar-refractivity contribution is -0.139. The molecule has 2 saturated heterocycles. The van der Waals surface area contributed by atoms with Crippen molar-refractivity contribution in [1.82, 2.24) is 4.90 Å². The summed E-state index contributed by atoms with van der Waals surface area (Å²) in [6.45, 7) is 10.4. The number of carboxylic acids is 1. The van der Waals surface area contributed by atoms with E-state index in [4.69, 9.17) is 4.74 Å². The highest BCUT2D eigenvalue weighted by atomic mass is 16.6. The Morgan fingerprint density at radius 3 is 2.38 bits per heavy atom. The lowest BCUT2D eigenvalue weighted by Gasteiger charge is -2.38. The molecule has 4 aliphatic rings. The Balaban J connectivity index is 1.69. The predicted molar refractivity (Wildman–Crippen MR) is 76.7 cm³/mol. The molecule has 0 aromatic heterocycles. The van der Waals surface area contributed by atoms with Crippen molar-refractivity contribution in [3.63, 3.8) is 0 Å². The second kappa shape index (κ2) is 4.14. The Labute approximate surface area is 125 Å². The lowest BCUT2D eigenvalue weighted by Crippen LogP contribution is -2.44. The third-order valence-electron chi connectivity index (χ3n) is 5.58. The number of amides is 1. The summed E-state index contributed by atoms with van der Waals surface area (Å²) in [5, 5.41) is 9.34. The maximum absolute atomic E-state index is 12.3. The van der Waals surface area contributed by atoms with Crippen molar-refractivity contribution in [2.24, 2.45) is 29.1 Å². The second-order valence-electron chi connectivity index (χ2n) is 8.44. The van der Waals surface area contributed by atoms with E-state index in [1.54, 1.807) is 0 Å². The molecule has 2 aliphatic heterocycles. The van der Waals surface area contributed by atoms with Gasteiger partial charge in [-0.25, -0.2) is 4.79 Å². The van der Waals surface area contributed by atoms with E-state index >= 15 is 0 Å². The van der Waals surface area contributed by atoms with Crippen LogP contribution in [0.2, 0.25) is 0 Å². The Morgan fingerprint density at radius 1 is 1.29 bits per heavy atom. The Kier molecular flexibility index (Phi) is 2.89. The molecule has 5 heteroatoms. The molecule has 5 atom stereocenters. The first-order chi connectivity index (χ1) is 9.54. The molecule has 0 aromatic carbocycles. The van der Waals surface area contributed by atoms with Crippen LogP contribution in [0.3, 0.4) is 0 Å². The van der Waals surface area contributed by atoms with Gasteiger partial charge in [-0.1, -0.05) is 13.8 Å². The number of aliphatic carboxylic acids is 1. The van der Waals surface area contributed by atoms with Gasteiger partial charge in [-0.2, -0.15) is 0 Å². The molecular formula is C16H25NO4. The van der Waals surface area contributed by atoms with E-state index in [9.17, 15) is 14.7 Å². The molecule has 2 saturated carbocycles. The van der Waals surface area contributed by atoms with E-state index in [0.29, 0.717) is 11.8 Å². The summed E-state index contributed by atoms with van der Waals surface area (Å²) in [5.74, 6) is 0.0439. The highest BCUT2D eigenvalue weighted by molar-refractivity contribution is 5.76. The van der Waals surface area contributed by atoms with Crippen LogP contribution in [0.4, 0.5) is 4.79 Å². The molecular weight excluding hydrogens is 270 g/mol. The first-order valence-corrected chi connectivity index (χ1v) is 7.76. The minimum absolute atomic E-state index is 0.142. The molecule has 5 nitrogen and oxygen atoms in total. The van der Waals surface area contributed by atoms with Gasteiger partial charge in [0, 0.05) is 12.6 Å². The molecule has 0 aromatic rings. The zero-order valence-corrected chi connectivity index (χ0v) is 13.4. The van der Waals surface area contributed by atoms with Crippen LogP contribution in [-0.4, -0.2) is 40.3 Å². The molecule has 1 unspecified atom stereocenters. The summed E-state index contributed by atoms with van der Waals surface area (Å²) >= 11 is 0. The standard InChI is InChI=1S/C16H25NO4/c1-15(2,3)21-14(20)17-7-8-6-9(17)10(8)11-12(13(18)19)16(11,4)5/h8-12H,6-7H2,1-5H3,(H,18,19)/t8-,9-,10?,11+,12-/m0/s1. The highest BCUT2D eigenvalue weighted by Crippen LogP contribution is 2.68. The molecule has 2 heterocycles. The molecule has 4 fully saturated rings. The van der Waals surface area contributed by atoms with Gasteiger partial charge >= 0.3 is 12.1 Å². The number of carbonyl (C=O) groups is 2. The zero-order valence-electron chi connectivity index (χ0n) is 13.4. The summed E-state index contributed by atoms with van der Waals surface area (Å²) < 4.78 is 5.46. The van der Waals surface area contributed by atoms with Crippen molar-refractivity contribution in [2.75, 3.05) is 6.54 Å². The first-order valence-electron chi connectivity index (χ1n) is 7.76. The summed E-state index contributed by atoms with van der Waals surface area (Å²) in [6.07, 6.45) is 0.755. The fourth-order valence-corrected chi connectivity index (χ4v) is 4.59. The van der Waals surface area contributed by atoms with E-state index in [2.05, 4.69) is 0 Å². The van der Waals surface area contributed by atoms with E-state index in [-0.39, 0.29) is 29.4 Å². The van der Waals surface area contributed by atoms with Crippen LogP contribution < -0.4 is 0 Å². The quantitative estimate of drug-likeness (QED) is 0.850. The number of ether oxygens (including phenoxy) is 1. The van der Waals surface area contributed by atoms with Gasteiger partial charge in [-0.3, -0.25) is 4.79 Å². The molecule has 1 amide bonds. The molecule has 0 spiro atoms. The minimum Gasteiger partial charge on any atom is -0.481 e. The summed E-state index contributed by atoms with van der Waals surface area (Å²) in [6, 6.07) is 0.179. The van der Waals surface area contributed by atoms with Crippen molar-refractivity contribution in [1.29, 1.82) is 0 Å². The van der Waals surface area contributed by atoms with Crippen LogP contribution in [-0.2, 0) is 9.53 Å². The predicted octanol–water partition coefficient (Wildman–Crippen LogP) is 2.60. The van der Waals surface area contributed by atoms with Gasteiger partial charge in [0.05, 0.1) is 5.92 Å². The maximum atomic E-state index is 12.3. The number of rotatable bonds is 2. The number of carboxylic acid groups (broad SMARTS) is 1. The molecule has 21 heavy (non-hydrogen) atoms. The minimum atomic E-state index is -0.694. The second-order valence-corrected chi connectivity index (χ2v) is 8.44. The Hall–Kier alpha value is -1.26. The van der Waals surface area contributed by atoms with Crippen LogP contribution in [0.15, 0.2) is 0 Å². The molecule has 118 valence electrons. The molecule has 0 radical (unpaired) electrons. The average Bonchev–Trinajstić information content (AvgIpc) is 2.66.